The standard InChI is InChI=1S/C25H31N3O2/c1-29-21-12-9-18(10-13-21)15-20-11-14-22(27-20)23-16-25(30-2)24(28-23)17-26-19-7-5-3-4-6-8-19/h9-14,16-17,19,27-28H,3-8,15H2,1-2H3. The lowest BCUT2D eigenvalue weighted by atomic mass is 10.1. The molecule has 0 unspecified atom stereocenters. The van der Waals surface area contributed by atoms with Gasteiger partial charge in [0.05, 0.1) is 37.3 Å². The van der Waals surface area contributed by atoms with E-state index in [0.717, 1.165) is 40.7 Å². The number of benzene rings is 1. The van der Waals surface area contributed by atoms with Crippen molar-refractivity contribution in [3.63, 3.8) is 0 Å². The van der Waals surface area contributed by atoms with Crippen molar-refractivity contribution < 1.29 is 9.47 Å². The van der Waals surface area contributed by atoms with Crippen LogP contribution in [0.25, 0.3) is 11.4 Å². The molecule has 0 amide bonds. The molecule has 1 aromatic carbocycles. The first-order valence-electron chi connectivity index (χ1n) is 10.9. The van der Waals surface area contributed by atoms with Crippen LogP contribution in [0.1, 0.15) is 55.5 Å². The molecule has 5 heteroatoms. The fourth-order valence-corrected chi connectivity index (χ4v) is 4.11. The molecule has 3 aromatic rings. The van der Waals surface area contributed by atoms with Crippen molar-refractivity contribution in [2.24, 2.45) is 4.99 Å². The van der Waals surface area contributed by atoms with Gasteiger partial charge in [0.2, 0.25) is 0 Å². The summed E-state index contributed by atoms with van der Waals surface area (Å²) in [5.74, 6) is 1.70. The maximum absolute atomic E-state index is 5.59. The molecule has 158 valence electrons. The summed E-state index contributed by atoms with van der Waals surface area (Å²) >= 11 is 0. The molecule has 2 N–H and O–H groups in total. The van der Waals surface area contributed by atoms with Gasteiger partial charge in [-0.2, -0.15) is 0 Å². The van der Waals surface area contributed by atoms with E-state index >= 15 is 0 Å². The van der Waals surface area contributed by atoms with Crippen LogP contribution in [0.4, 0.5) is 0 Å². The molecule has 1 aliphatic carbocycles. The van der Waals surface area contributed by atoms with E-state index in [1.54, 1.807) is 14.2 Å². The highest BCUT2D eigenvalue weighted by Crippen LogP contribution is 2.27. The Morgan fingerprint density at radius 1 is 0.900 bits per heavy atom. The third-order valence-corrected chi connectivity index (χ3v) is 5.86. The Bertz CT molecular complexity index is 961. The van der Waals surface area contributed by atoms with Gasteiger partial charge in [-0.05, 0) is 42.7 Å². The van der Waals surface area contributed by atoms with Crippen molar-refractivity contribution in [1.29, 1.82) is 0 Å². The van der Waals surface area contributed by atoms with Crippen molar-refractivity contribution in [2.45, 2.75) is 51.0 Å². The molecule has 1 aliphatic rings. The smallest absolute Gasteiger partial charge is 0.146 e. The summed E-state index contributed by atoms with van der Waals surface area (Å²) in [4.78, 5) is 11.8. The van der Waals surface area contributed by atoms with Crippen molar-refractivity contribution in [3.8, 4) is 22.9 Å². The number of H-pyrrole nitrogens is 2. The highest BCUT2D eigenvalue weighted by Gasteiger charge is 2.13. The number of aromatic amines is 2. The van der Waals surface area contributed by atoms with Gasteiger partial charge in [0.15, 0.2) is 0 Å². The fourth-order valence-electron chi connectivity index (χ4n) is 4.11. The number of hydrogen-bond donors (Lipinski definition) is 2. The predicted octanol–water partition coefficient (Wildman–Crippen LogP) is 5.76. The van der Waals surface area contributed by atoms with Crippen molar-refractivity contribution in [1.82, 2.24) is 9.97 Å². The zero-order valence-electron chi connectivity index (χ0n) is 17.9. The number of ether oxygens (including phenoxy) is 2. The van der Waals surface area contributed by atoms with Crippen molar-refractivity contribution in [3.05, 3.63) is 59.4 Å². The van der Waals surface area contributed by atoms with Crippen LogP contribution < -0.4 is 9.47 Å². The second-order valence-corrected chi connectivity index (χ2v) is 8.01. The van der Waals surface area contributed by atoms with Gasteiger partial charge in [0, 0.05) is 24.4 Å². The molecular formula is C25H31N3O2. The van der Waals surface area contributed by atoms with Crippen LogP contribution in [0.2, 0.25) is 0 Å². The van der Waals surface area contributed by atoms with Gasteiger partial charge in [0.1, 0.15) is 11.5 Å². The molecule has 0 aliphatic heterocycles. The summed E-state index contributed by atoms with van der Waals surface area (Å²) in [6.07, 6.45) is 10.4. The number of hydrogen-bond acceptors (Lipinski definition) is 3. The zero-order valence-corrected chi connectivity index (χ0v) is 17.9. The lowest BCUT2D eigenvalue weighted by molar-refractivity contribution is 0.414. The highest BCUT2D eigenvalue weighted by atomic mass is 16.5. The van der Waals surface area contributed by atoms with Crippen LogP contribution >= 0.6 is 0 Å². The predicted molar refractivity (Wildman–Crippen MR) is 122 cm³/mol. The van der Waals surface area contributed by atoms with Gasteiger partial charge < -0.3 is 19.4 Å². The van der Waals surface area contributed by atoms with Crippen molar-refractivity contribution in [2.75, 3.05) is 14.2 Å². The average Bonchev–Trinajstić information content (AvgIpc) is 3.32. The molecule has 2 heterocycles. The van der Waals surface area contributed by atoms with Gasteiger partial charge in [-0.25, -0.2) is 0 Å². The van der Waals surface area contributed by atoms with Gasteiger partial charge in [-0.15, -0.1) is 0 Å². The lowest BCUT2D eigenvalue weighted by Crippen LogP contribution is -2.03. The number of methoxy groups -OCH3 is 2. The first kappa shape index (κ1) is 20.3. The third kappa shape index (κ3) is 4.96. The second-order valence-electron chi connectivity index (χ2n) is 8.01. The van der Waals surface area contributed by atoms with E-state index in [1.807, 2.05) is 24.4 Å². The largest absolute Gasteiger partial charge is 0.497 e. The molecule has 30 heavy (non-hydrogen) atoms. The number of aromatic nitrogens is 2. The highest BCUT2D eigenvalue weighted by molar-refractivity contribution is 5.83. The Morgan fingerprint density at radius 2 is 1.67 bits per heavy atom. The molecule has 5 nitrogen and oxygen atoms in total. The summed E-state index contributed by atoms with van der Waals surface area (Å²) < 4.78 is 10.8. The number of aliphatic imine (C=N–C) groups is 1. The van der Waals surface area contributed by atoms with Gasteiger partial charge >= 0.3 is 0 Å². The summed E-state index contributed by atoms with van der Waals surface area (Å²) in [6, 6.07) is 14.9. The average molecular weight is 406 g/mol. The number of rotatable bonds is 7. The quantitative estimate of drug-likeness (QED) is 0.388. The molecule has 2 aromatic heterocycles. The molecule has 0 saturated heterocycles. The molecular weight excluding hydrogens is 374 g/mol. The Labute approximate surface area is 178 Å². The normalized spacial score (nSPS) is 15.4. The maximum Gasteiger partial charge on any atom is 0.146 e. The summed E-state index contributed by atoms with van der Waals surface area (Å²) in [5.41, 5.74) is 5.39. The van der Waals surface area contributed by atoms with E-state index < -0.39 is 0 Å². The molecule has 0 bridgehead atoms. The van der Waals surface area contributed by atoms with Gasteiger partial charge in [0.25, 0.3) is 0 Å². The van der Waals surface area contributed by atoms with E-state index in [1.165, 1.54) is 44.1 Å². The van der Waals surface area contributed by atoms with E-state index in [-0.39, 0.29) is 0 Å². The molecule has 0 atom stereocenters. The van der Waals surface area contributed by atoms with Crippen LogP contribution in [0.5, 0.6) is 11.5 Å². The fraction of sp³-hybridized carbons (Fsp3) is 0.400. The second kappa shape index (κ2) is 9.70. The summed E-state index contributed by atoms with van der Waals surface area (Å²) in [6.45, 7) is 0. The van der Waals surface area contributed by atoms with Crippen LogP contribution in [0.3, 0.4) is 0 Å². The summed E-state index contributed by atoms with van der Waals surface area (Å²) in [5, 5.41) is 0. The van der Waals surface area contributed by atoms with E-state index in [9.17, 15) is 0 Å². The first-order chi connectivity index (χ1) is 14.7. The molecule has 0 spiro atoms. The minimum Gasteiger partial charge on any atom is -0.497 e. The van der Waals surface area contributed by atoms with Crippen LogP contribution in [-0.2, 0) is 6.42 Å². The van der Waals surface area contributed by atoms with Crippen LogP contribution in [0.15, 0.2) is 47.5 Å². The summed E-state index contributed by atoms with van der Waals surface area (Å²) in [7, 11) is 3.40. The Kier molecular flexibility index (Phi) is 6.57. The molecule has 1 saturated carbocycles. The minimum absolute atomic E-state index is 0.436. The topological polar surface area (TPSA) is 62.4 Å². The minimum atomic E-state index is 0.436. The van der Waals surface area contributed by atoms with Crippen molar-refractivity contribution >= 4 is 6.21 Å². The molecule has 0 radical (unpaired) electrons. The zero-order chi connectivity index (χ0) is 20.8. The monoisotopic (exact) mass is 405 g/mol. The number of nitrogens with one attached hydrogen (secondary N) is 2. The van der Waals surface area contributed by atoms with Gasteiger partial charge in [-0.3, -0.25) is 4.99 Å². The van der Waals surface area contributed by atoms with Crippen LogP contribution in [-0.4, -0.2) is 36.4 Å². The van der Waals surface area contributed by atoms with E-state index in [0.29, 0.717) is 6.04 Å². The SMILES string of the molecule is COc1ccc(Cc2ccc(-c3cc(OC)c(C=NC4CCCCCC4)[nH]3)[nH]2)cc1. The van der Waals surface area contributed by atoms with E-state index in [4.69, 9.17) is 14.5 Å². The first-order valence-corrected chi connectivity index (χ1v) is 10.9. The Morgan fingerprint density at radius 3 is 2.37 bits per heavy atom. The number of nitrogens with zero attached hydrogens (tertiary/aromatic N) is 1. The Hall–Kier alpha value is -2.95. The molecule has 1 fully saturated rings. The van der Waals surface area contributed by atoms with Crippen LogP contribution in [0, 0.1) is 0 Å². The maximum atomic E-state index is 5.59. The molecule has 4 rings (SSSR count). The van der Waals surface area contributed by atoms with Gasteiger partial charge in [-0.1, -0.05) is 37.8 Å². The lowest BCUT2D eigenvalue weighted by Gasteiger charge is -2.07. The third-order valence-electron chi connectivity index (χ3n) is 5.86. The Balaban J connectivity index is 1.47. The van der Waals surface area contributed by atoms with E-state index in [2.05, 4.69) is 34.2 Å².